The van der Waals surface area contributed by atoms with Gasteiger partial charge in [-0.3, -0.25) is 0 Å². The van der Waals surface area contributed by atoms with E-state index in [0.717, 1.165) is 27.9 Å². The van der Waals surface area contributed by atoms with Crippen molar-refractivity contribution in [2.24, 2.45) is 0 Å². The van der Waals surface area contributed by atoms with Crippen LogP contribution in [-0.4, -0.2) is 11.8 Å². The van der Waals surface area contributed by atoms with Gasteiger partial charge in [0.15, 0.2) is 11.5 Å². The first-order valence-corrected chi connectivity index (χ1v) is 6.33. The van der Waals surface area contributed by atoms with Crippen molar-refractivity contribution >= 4 is 21.8 Å². The maximum atomic E-state index is 5.45. The van der Waals surface area contributed by atoms with Gasteiger partial charge in [-0.15, -0.1) is 0 Å². The average molecular weight is 251 g/mol. The van der Waals surface area contributed by atoms with Gasteiger partial charge in [0.25, 0.3) is 0 Å². The molecule has 1 aliphatic rings. The number of rotatable bonds is 0. The Bertz CT molecular complexity index is 824. The third kappa shape index (κ3) is 1.48. The molecule has 19 heavy (non-hydrogen) atoms. The number of nitrogens with zero attached hydrogens (tertiary/aromatic N) is 1. The van der Waals surface area contributed by atoms with Gasteiger partial charge in [-0.25, -0.2) is 4.98 Å². The Hall–Kier alpha value is -2.29. The molecule has 3 aromatic rings. The fourth-order valence-electron chi connectivity index (χ4n) is 2.65. The zero-order chi connectivity index (χ0) is 13.0. The number of pyridine rings is 1. The van der Waals surface area contributed by atoms with Crippen LogP contribution < -0.4 is 9.47 Å². The fraction of sp³-hybridized carbons (Fsp3) is 0.188. The van der Waals surface area contributed by atoms with Gasteiger partial charge >= 0.3 is 0 Å². The molecule has 0 fully saturated rings. The van der Waals surface area contributed by atoms with Crippen LogP contribution in [0.2, 0.25) is 0 Å². The van der Waals surface area contributed by atoms with Gasteiger partial charge in [0.2, 0.25) is 6.79 Å². The van der Waals surface area contributed by atoms with Crippen molar-refractivity contribution in [3.05, 3.63) is 41.5 Å². The van der Waals surface area contributed by atoms with E-state index in [1.54, 1.807) is 0 Å². The van der Waals surface area contributed by atoms with Gasteiger partial charge in [0.05, 0.1) is 11.0 Å². The Morgan fingerprint density at radius 2 is 1.63 bits per heavy atom. The molecule has 0 aliphatic carbocycles. The lowest BCUT2D eigenvalue weighted by Crippen LogP contribution is -1.92. The highest BCUT2D eigenvalue weighted by Crippen LogP contribution is 2.38. The molecule has 0 saturated carbocycles. The van der Waals surface area contributed by atoms with E-state index in [0.29, 0.717) is 6.79 Å². The second-order valence-electron chi connectivity index (χ2n) is 4.98. The molecule has 1 aromatic heterocycles. The van der Waals surface area contributed by atoms with Crippen LogP contribution in [0.15, 0.2) is 30.3 Å². The summed E-state index contributed by atoms with van der Waals surface area (Å²) in [5, 5.41) is 2.33. The molecule has 3 nitrogen and oxygen atoms in total. The highest BCUT2D eigenvalue weighted by molar-refractivity contribution is 5.98. The smallest absolute Gasteiger partial charge is 0.231 e. The molecular weight excluding hydrogens is 238 g/mol. The van der Waals surface area contributed by atoms with Crippen LogP contribution in [0.3, 0.4) is 0 Å². The van der Waals surface area contributed by atoms with Crippen molar-refractivity contribution in [1.29, 1.82) is 0 Å². The molecule has 0 atom stereocenters. The van der Waals surface area contributed by atoms with Crippen molar-refractivity contribution in [2.45, 2.75) is 13.8 Å². The number of ether oxygens (including phenoxy) is 2. The number of aryl methyl sites for hydroxylation is 2. The highest BCUT2D eigenvalue weighted by atomic mass is 16.7. The Morgan fingerprint density at radius 1 is 0.895 bits per heavy atom. The largest absolute Gasteiger partial charge is 0.454 e. The lowest BCUT2D eigenvalue weighted by Gasteiger charge is -2.08. The van der Waals surface area contributed by atoms with E-state index in [-0.39, 0.29) is 0 Å². The summed E-state index contributed by atoms with van der Waals surface area (Å²) in [4.78, 5) is 4.72. The van der Waals surface area contributed by atoms with Crippen LogP contribution in [0.1, 0.15) is 11.1 Å². The molecule has 2 aromatic carbocycles. The summed E-state index contributed by atoms with van der Waals surface area (Å²) in [5.41, 5.74) is 4.46. The number of hydrogen-bond donors (Lipinski definition) is 0. The molecule has 0 radical (unpaired) electrons. The van der Waals surface area contributed by atoms with Gasteiger partial charge in [0.1, 0.15) is 0 Å². The molecule has 0 spiro atoms. The van der Waals surface area contributed by atoms with Gasteiger partial charge < -0.3 is 9.47 Å². The van der Waals surface area contributed by atoms with E-state index in [4.69, 9.17) is 14.5 Å². The summed E-state index contributed by atoms with van der Waals surface area (Å²) in [6.45, 7) is 4.53. The molecule has 0 N–H and O–H groups in total. The summed E-state index contributed by atoms with van der Waals surface area (Å²) < 4.78 is 10.9. The zero-order valence-corrected chi connectivity index (χ0v) is 10.9. The molecule has 94 valence electrons. The molecule has 0 saturated heterocycles. The molecule has 0 unspecified atom stereocenters. The van der Waals surface area contributed by atoms with Crippen molar-refractivity contribution in [3.8, 4) is 11.5 Å². The Balaban J connectivity index is 2.16. The lowest BCUT2D eigenvalue weighted by atomic mass is 10.0. The second kappa shape index (κ2) is 3.60. The quantitative estimate of drug-likeness (QED) is 0.570. The first-order chi connectivity index (χ1) is 9.22. The van der Waals surface area contributed by atoms with Gasteiger partial charge in [0, 0.05) is 16.8 Å². The summed E-state index contributed by atoms with van der Waals surface area (Å²) >= 11 is 0. The number of benzene rings is 2. The van der Waals surface area contributed by atoms with E-state index in [1.807, 2.05) is 12.1 Å². The standard InChI is InChI=1S/C16H13NO2/c1-9-3-4-13-11(5-9)10(2)12-6-15-16(19-8-18-15)7-14(12)17-13/h3-7H,8H2,1-2H3. The lowest BCUT2D eigenvalue weighted by molar-refractivity contribution is 0.174. The number of hydrogen-bond acceptors (Lipinski definition) is 3. The number of fused-ring (bicyclic) bond motifs is 3. The highest BCUT2D eigenvalue weighted by Gasteiger charge is 2.16. The van der Waals surface area contributed by atoms with Gasteiger partial charge in [-0.05, 0) is 37.6 Å². The van der Waals surface area contributed by atoms with Gasteiger partial charge in [-0.1, -0.05) is 11.6 Å². The molecule has 4 rings (SSSR count). The van der Waals surface area contributed by atoms with E-state index in [2.05, 4.69) is 32.0 Å². The van der Waals surface area contributed by atoms with Crippen molar-refractivity contribution in [2.75, 3.05) is 6.79 Å². The minimum atomic E-state index is 0.295. The fourth-order valence-corrected chi connectivity index (χ4v) is 2.65. The van der Waals surface area contributed by atoms with Crippen LogP contribution in [0, 0.1) is 13.8 Å². The van der Waals surface area contributed by atoms with E-state index < -0.39 is 0 Å². The van der Waals surface area contributed by atoms with Crippen LogP contribution >= 0.6 is 0 Å². The summed E-state index contributed by atoms with van der Waals surface area (Å²) in [6, 6.07) is 10.3. The minimum Gasteiger partial charge on any atom is -0.454 e. The normalized spacial score (nSPS) is 13.4. The summed E-state index contributed by atoms with van der Waals surface area (Å²) in [6.07, 6.45) is 0. The SMILES string of the molecule is Cc1ccc2nc3cc4c(cc3c(C)c2c1)OCO4. The second-order valence-corrected chi connectivity index (χ2v) is 4.98. The van der Waals surface area contributed by atoms with Crippen molar-refractivity contribution in [1.82, 2.24) is 4.98 Å². The molecule has 1 aliphatic heterocycles. The first kappa shape index (κ1) is 10.6. The molecular formula is C16H13NO2. The van der Waals surface area contributed by atoms with Crippen LogP contribution in [0.4, 0.5) is 0 Å². The maximum Gasteiger partial charge on any atom is 0.231 e. The topological polar surface area (TPSA) is 31.4 Å². The first-order valence-electron chi connectivity index (χ1n) is 6.33. The molecule has 0 amide bonds. The monoisotopic (exact) mass is 251 g/mol. The molecule has 0 bridgehead atoms. The average Bonchev–Trinajstić information content (AvgIpc) is 2.85. The minimum absolute atomic E-state index is 0.295. The third-order valence-electron chi connectivity index (χ3n) is 3.69. The predicted octanol–water partition coefficient (Wildman–Crippen LogP) is 3.73. The maximum absolute atomic E-state index is 5.45. The molecule has 2 heterocycles. The zero-order valence-electron chi connectivity index (χ0n) is 10.9. The van der Waals surface area contributed by atoms with E-state index >= 15 is 0 Å². The third-order valence-corrected chi connectivity index (χ3v) is 3.69. The number of aromatic nitrogens is 1. The molecule has 3 heteroatoms. The Kier molecular flexibility index (Phi) is 2.01. The summed E-state index contributed by atoms with van der Waals surface area (Å²) in [5.74, 6) is 1.59. The summed E-state index contributed by atoms with van der Waals surface area (Å²) in [7, 11) is 0. The van der Waals surface area contributed by atoms with Gasteiger partial charge in [-0.2, -0.15) is 0 Å². The van der Waals surface area contributed by atoms with Crippen LogP contribution in [0.25, 0.3) is 21.8 Å². The van der Waals surface area contributed by atoms with E-state index in [9.17, 15) is 0 Å². The van der Waals surface area contributed by atoms with E-state index in [1.165, 1.54) is 16.5 Å². The van der Waals surface area contributed by atoms with Crippen molar-refractivity contribution < 1.29 is 9.47 Å². The predicted molar refractivity (Wildman–Crippen MR) is 74.8 cm³/mol. The van der Waals surface area contributed by atoms with Crippen LogP contribution in [-0.2, 0) is 0 Å². The van der Waals surface area contributed by atoms with Crippen LogP contribution in [0.5, 0.6) is 11.5 Å². The Morgan fingerprint density at radius 3 is 2.47 bits per heavy atom. The van der Waals surface area contributed by atoms with Crippen molar-refractivity contribution in [3.63, 3.8) is 0 Å². The Labute approximate surface area is 110 Å².